The number of nitrogens with two attached hydrogens (primary N) is 2. The monoisotopic (exact) mass is 984 g/mol. The van der Waals surface area contributed by atoms with Gasteiger partial charge in [-0.25, -0.2) is 0 Å². The Labute approximate surface area is 406 Å². The van der Waals surface area contributed by atoms with Crippen molar-refractivity contribution in [2.24, 2.45) is 23.3 Å². The number of likely N-dealkylation sites (N-methyl/N-ethyl adjacent to an activating group) is 1. The number of hydrogen-bond donors (Lipinski definition) is 11. The van der Waals surface area contributed by atoms with Gasteiger partial charge >= 0.3 is 0 Å². The largest absolute Gasteiger partial charge is 0.508 e. The third kappa shape index (κ3) is 19.8. The summed E-state index contributed by atoms with van der Waals surface area (Å²) < 4.78 is 0. The highest BCUT2D eigenvalue weighted by Crippen LogP contribution is 2.27. The molecule has 70 heavy (non-hydrogen) atoms. The molecule has 0 spiro atoms. The number of ketones is 1. The zero-order chi connectivity index (χ0) is 52.1. The molecule has 386 valence electrons. The Morgan fingerprint density at radius 3 is 2.03 bits per heavy atom. The van der Waals surface area contributed by atoms with Crippen molar-refractivity contribution < 1.29 is 62.6 Å². The number of benzene rings is 1. The summed E-state index contributed by atoms with van der Waals surface area (Å²) >= 11 is 0. The molecule has 1 aliphatic carbocycles. The maximum Gasteiger partial charge on any atom is 0.245 e. The van der Waals surface area contributed by atoms with Crippen molar-refractivity contribution in [3.05, 3.63) is 29.8 Å². The molecule has 1 aliphatic heterocycles. The number of nitrogens with one attached hydrogen (secondary N) is 8. The average molecular weight is 984 g/mol. The van der Waals surface area contributed by atoms with Crippen LogP contribution >= 0.6 is 0 Å². The van der Waals surface area contributed by atoms with Gasteiger partial charge in [0.05, 0.1) is 26.1 Å². The lowest BCUT2D eigenvalue weighted by atomic mass is 9.84. The third-order valence-corrected chi connectivity index (χ3v) is 12.1. The van der Waals surface area contributed by atoms with Crippen LogP contribution in [0.5, 0.6) is 5.75 Å². The molecule has 24 heteroatoms. The van der Waals surface area contributed by atoms with Crippen molar-refractivity contribution in [1.29, 1.82) is 0 Å². The van der Waals surface area contributed by atoms with Gasteiger partial charge in [-0.15, -0.1) is 0 Å². The van der Waals surface area contributed by atoms with Gasteiger partial charge in [-0.05, 0) is 55.7 Å². The molecule has 0 aromatic heterocycles. The van der Waals surface area contributed by atoms with Gasteiger partial charge in [-0.3, -0.25) is 57.5 Å². The van der Waals surface area contributed by atoms with Crippen LogP contribution in [0.2, 0.25) is 0 Å². The second-order valence-corrected chi connectivity index (χ2v) is 18.0. The number of rotatable bonds is 18. The number of carbonyl (C=O) groups excluding carboxylic acids is 12. The zero-order valence-corrected chi connectivity index (χ0v) is 40.2. The fraction of sp³-hybridized carbons (Fsp3) is 0.609. The van der Waals surface area contributed by atoms with Gasteiger partial charge in [-0.1, -0.05) is 64.5 Å². The molecule has 11 amide bonds. The molecule has 1 aromatic rings. The first-order chi connectivity index (χ1) is 33.1. The smallest absolute Gasteiger partial charge is 0.245 e. The molecule has 0 bridgehead atoms. The van der Waals surface area contributed by atoms with E-state index in [1.807, 2.05) is 0 Å². The van der Waals surface area contributed by atoms with Gasteiger partial charge in [0, 0.05) is 26.3 Å². The lowest BCUT2D eigenvalue weighted by molar-refractivity contribution is -0.140. The van der Waals surface area contributed by atoms with Gasteiger partial charge < -0.3 is 64.0 Å². The number of phenols is 1. The molecule has 1 saturated heterocycles. The Morgan fingerprint density at radius 2 is 1.41 bits per heavy atom. The number of aromatic hydroxyl groups is 1. The Bertz CT molecular complexity index is 2080. The maximum atomic E-state index is 14.1. The van der Waals surface area contributed by atoms with E-state index in [9.17, 15) is 62.6 Å². The second-order valence-electron chi connectivity index (χ2n) is 18.0. The summed E-state index contributed by atoms with van der Waals surface area (Å²) in [6.45, 7) is 3.06. The highest BCUT2D eigenvalue weighted by molar-refractivity contribution is 5.99. The lowest BCUT2D eigenvalue weighted by Crippen LogP contribution is -2.61. The molecule has 0 radical (unpaired) electrons. The van der Waals surface area contributed by atoms with E-state index in [0.29, 0.717) is 12.0 Å². The van der Waals surface area contributed by atoms with Gasteiger partial charge in [0.1, 0.15) is 47.8 Å². The first-order valence-electron chi connectivity index (χ1n) is 23.5. The first-order valence-corrected chi connectivity index (χ1v) is 23.5. The Hall–Kier alpha value is -7.14. The van der Waals surface area contributed by atoms with E-state index >= 15 is 0 Å². The fourth-order valence-corrected chi connectivity index (χ4v) is 7.97. The topological polar surface area (TPSA) is 377 Å². The molecule has 3 rings (SSSR count). The molecule has 1 saturated carbocycles. The standard InChI is InChI=1S/C46H69N11O13/c1-5-25(2)40-45(69)53-30(15-17-35(47)60)42(66)55-34(21-36(48)61)43(67)54-31(16-18-37(62)49-23-38(63)51-33(44(68)56-40)20-28-11-13-29(59)14-12-28)46(70)57(4)24-39(64)52-32(41(65)50-22-26(3)58)19-27-9-7-6-8-10-27/h11-14,25,27,30-34,40,59H,5-10,15-24H2,1-4H3,(H2,47,60)(H2,48,61)(H,49,62)(H,50,65)(H,51,63)(H,52,64)(H,53,69)(H,54,67)(H,55,66)(H,56,68)/t25-,30-,31-,32-,33-,34-,40-/m0/s1. The average Bonchev–Trinajstić information content (AvgIpc) is 3.30. The van der Waals surface area contributed by atoms with Crippen LogP contribution in [-0.2, 0) is 64.0 Å². The number of carbonyl (C=O) groups is 12. The minimum atomic E-state index is -1.82. The maximum absolute atomic E-state index is 14.1. The summed E-state index contributed by atoms with van der Waals surface area (Å²) in [7, 11) is 1.22. The van der Waals surface area contributed by atoms with E-state index in [1.165, 1.54) is 38.2 Å². The summed E-state index contributed by atoms with van der Waals surface area (Å²) in [5, 5.41) is 29.8. The second kappa shape index (κ2) is 28.4. The van der Waals surface area contributed by atoms with Crippen molar-refractivity contribution in [3.8, 4) is 5.75 Å². The van der Waals surface area contributed by atoms with Crippen molar-refractivity contribution in [1.82, 2.24) is 47.4 Å². The van der Waals surface area contributed by atoms with Crippen molar-refractivity contribution in [3.63, 3.8) is 0 Å². The van der Waals surface area contributed by atoms with Crippen molar-refractivity contribution in [2.45, 2.75) is 140 Å². The van der Waals surface area contributed by atoms with Gasteiger partial charge in [0.25, 0.3) is 0 Å². The van der Waals surface area contributed by atoms with Gasteiger partial charge in [-0.2, -0.15) is 0 Å². The molecule has 0 unspecified atom stereocenters. The molecular formula is C46H69N11O13. The Kier molecular flexibility index (Phi) is 23.2. The van der Waals surface area contributed by atoms with Crippen LogP contribution in [0.25, 0.3) is 0 Å². The van der Waals surface area contributed by atoms with E-state index in [0.717, 1.165) is 37.0 Å². The number of primary amides is 2. The fourth-order valence-electron chi connectivity index (χ4n) is 7.97. The summed E-state index contributed by atoms with van der Waals surface area (Å²) in [5.74, 6) is -10.7. The van der Waals surface area contributed by atoms with Crippen molar-refractivity contribution in [2.75, 3.05) is 26.7 Å². The Morgan fingerprint density at radius 1 is 0.786 bits per heavy atom. The lowest BCUT2D eigenvalue weighted by Gasteiger charge is -2.30. The summed E-state index contributed by atoms with van der Waals surface area (Å²) in [4.78, 5) is 160. The molecule has 1 heterocycles. The third-order valence-electron chi connectivity index (χ3n) is 12.1. The van der Waals surface area contributed by atoms with Gasteiger partial charge in [0.15, 0.2) is 0 Å². The molecule has 2 aliphatic rings. The quantitative estimate of drug-likeness (QED) is 0.0703. The molecule has 13 N–H and O–H groups in total. The predicted molar refractivity (Wildman–Crippen MR) is 250 cm³/mol. The van der Waals surface area contributed by atoms with E-state index in [1.54, 1.807) is 13.8 Å². The number of nitrogens with zero attached hydrogens (tertiary/aromatic N) is 1. The minimum absolute atomic E-state index is 0.0662. The van der Waals surface area contributed by atoms with Crippen molar-refractivity contribution >= 4 is 70.8 Å². The minimum Gasteiger partial charge on any atom is -0.508 e. The normalized spacial score (nSPS) is 22.2. The van der Waals surface area contributed by atoms with E-state index in [2.05, 4.69) is 42.5 Å². The van der Waals surface area contributed by atoms with Crippen LogP contribution < -0.4 is 54.0 Å². The van der Waals surface area contributed by atoms with Crippen LogP contribution in [0, 0.1) is 11.8 Å². The number of phenolic OH excluding ortho intramolecular Hbond substituents is 1. The van der Waals surface area contributed by atoms with Crippen LogP contribution in [-0.4, -0.2) is 144 Å². The molecule has 2 fully saturated rings. The molecule has 24 nitrogen and oxygen atoms in total. The van der Waals surface area contributed by atoms with Crippen LogP contribution in [0.3, 0.4) is 0 Å². The SMILES string of the molecule is CC[C@H](C)[C@@H]1NC(=O)[C@H](Cc2ccc(O)cc2)NC(=O)CNC(=O)CC[C@@H](C(=O)N(C)CC(=O)N[C@@H](CC2CCCCC2)C(=O)NCC(C)=O)NC(=O)[C@H](CC(N)=O)NC(=O)[C@H](CCC(N)=O)NC1=O. The van der Waals surface area contributed by atoms with E-state index in [4.69, 9.17) is 11.5 Å². The molecule has 1 aromatic carbocycles. The summed E-state index contributed by atoms with van der Waals surface area (Å²) in [6.07, 6.45) is 2.37. The van der Waals surface area contributed by atoms with E-state index in [-0.39, 0.29) is 36.8 Å². The van der Waals surface area contributed by atoms with E-state index < -0.39 is 152 Å². The van der Waals surface area contributed by atoms with Crippen LogP contribution in [0.1, 0.15) is 103 Å². The Balaban J connectivity index is 1.99. The molecular weight excluding hydrogens is 915 g/mol. The van der Waals surface area contributed by atoms with Crippen LogP contribution in [0.4, 0.5) is 0 Å². The number of Topliss-reactive ketones (excluding diaryl/α,β-unsaturated/α-hetero) is 1. The predicted octanol–water partition coefficient (Wildman–Crippen LogP) is -2.93. The summed E-state index contributed by atoms with van der Waals surface area (Å²) in [6, 6.07) is -3.08. The number of amides is 11. The molecule has 7 atom stereocenters. The highest BCUT2D eigenvalue weighted by atomic mass is 16.3. The van der Waals surface area contributed by atoms with Gasteiger partial charge in [0.2, 0.25) is 65.0 Å². The summed E-state index contributed by atoms with van der Waals surface area (Å²) in [5.41, 5.74) is 11.3. The van der Waals surface area contributed by atoms with Crippen LogP contribution in [0.15, 0.2) is 24.3 Å². The first kappa shape index (κ1) is 57.2. The zero-order valence-electron chi connectivity index (χ0n) is 40.2. The highest BCUT2D eigenvalue weighted by Gasteiger charge is 2.36. The number of hydrogen-bond acceptors (Lipinski definition) is 13.